The lowest BCUT2D eigenvalue weighted by molar-refractivity contribution is -0.0733. The van der Waals surface area contributed by atoms with Gasteiger partial charge in [0, 0.05) is 6.54 Å². The highest BCUT2D eigenvalue weighted by molar-refractivity contribution is 5.26. The van der Waals surface area contributed by atoms with Crippen LogP contribution in [-0.4, -0.2) is 19.3 Å². The van der Waals surface area contributed by atoms with E-state index in [0.717, 1.165) is 18.6 Å². The van der Waals surface area contributed by atoms with Gasteiger partial charge in [-0.3, -0.25) is 0 Å². The van der Waals surface area contributed by atoms with Crippen LogP contribution < -0.4 is 10.5 Å². The number of ether oxygens (including phenoxy) is 2. The maximum Gasteiger partial charge on any atom is 0.118 e. The molecule has 1 aliphatic rings. The second-order valence-electron chi connectivity index (χ2n) is 5.08. The fraction of sp³-hybridized carbons (Fsp3) is 0.600. The molecule has 0 heterocycles. The smallest absolute Gasteiger partial charge is 0.118 e. The Bertz CT molecular complexity index is 355. The summed E-state index contributed by atoms with van der Waals surface area (Å²) in [5.41, 5.74) is 6.99. The number of hydrogen-bond acceptors (Lipinski definition) is 3. The highest BCUT2D eigenvalue weighted by Gasteiger charge is 2.31. The summed E-state index contributed by atoms with van der Waals surface area (Å²) in [7, 11) is 1.68. The molecule has 1 aliphatic carbocycles. The van der Waals surface area contributed by atoms with Gasteiger partial charge in [-0.15, -0.1) is 0 Å². The van der Waals surface area contributed by atoms with Crippen molar-refractivity contribution in [3.05, 3.63) is 29.8 Å². The van der Waals surface area contributed by atoms with Gasteiger partial charge in [-0.05, 0) is 30.5 Å². The second kappa shape index (κ2) is 6.21. The van der Waals surface area contributed by atoms with Crippen molar-refractivity contribution in [3.8, 4) is 5.75 Å². The molecule has 0 atom stereocenters. The van der Waals surface area contributed by atoms with Crippen LogP contribution in [0.2, 0.25) is 0 Å². The van der Waals surface area contributed by atoms with Crippen LogP contribution in [0.15, 0.2) is 24.3 Å². The molecule has 0 amide bonds. The molecule has 2 rings (SSSR count). The van der Waals surface area contributed by atoms with E-state index in [4.69, 9.17) is 15.2 Å². The molecular formula is C15H23NO2. The first kappa shape index (κ1) is 13.4. The SMILES string of the molecule is COc1ccc(COC2(CN)CCCCC2)cc1. The van der Waals surface area contributed by atoms with Gasteiger partial charge in [-0.25, -0.2) is 0 Å². The van der Waals surface area contributed by atoms with Gasteiger partial charge in [0.05, 0.1) is 19.3 Å². The molecule has 1 fully saturated rings. The maximum absolute atomic E-state index is 6.11. The van der Waals surface area contributed by atoms with E-state index in [1.165, 1.54) is 24.8 Å². The summed E-state index contributed by atoms with van der Waals surface area (Å²) in [6.45, 7) is 1.27. The molecule has 0 bridgehead atoms. The molecule has 0 unspecified atom stereocenters. The monoisotopic (exact) mass is 249 g/mol. The Morgan fingerprint density at radius 3 is 2.33 bits per heavy atom. The molecule has 0 saturated heterocycles. The Morgan fingerprint density at radius 1 is 1.11 bits per heavy atom. The highest BCUT2D eigenvalue weighted by Crippen LogP contribution is 2.31. The normalized spacial score (nSPS) is 18.6. The molecule has 100 valence electrons. The fourth-order valence-electron chi connectivity index (χ4n) is 2.56. The number of methoxy groups -OCH3 is 1. The first-order chi connectivity index (χ1) is 8.78. The van der Waals surface area contributed by atoms with E-state index in [9.17, 15) is 0 Å². The van der Waals surface area contributed by atoms with Crippen molar-refractivity contribution in [2.24, 2.45) is 5.73 Å². The van der Waals surface area contributed by atoms with Crippen molar-refractivity contribution in [3.63, 3.8) is 0 Å². The number of rotatable bonds is 5. The standard InChI is InChI=1S/C15H23NO2/c1-17-14-7-5-13(6-8-14)11-18-15(12-16)9-3-2-4-10-15/h5-8H,2-4,9-12,16H2,1H3. The fourth-order valence-corrected chi connectivity index (χ4v) is 2.56. The first-order valence-electron chi connectivity index (χ1n) is 6.75. The Kier molecular flexibility index (Phi) is 4.61. The Hall–Kier alpha value is -1.06. The quantitative estimate of drug-likeness (QED) is 0.872. The Balaban J connectivity index is 1.92. The molecule has 3 nitrogen and oxygen atoms in total. The minimum atomic E-state index is -0.0851. The van der Waals surface area contributed by atoms with E-state index in [2.05, 4.69) is 0 Å². The lowest BCUT2D eigenvalue weighted by Gasteiger charge is -2.36. The van der Waals surface area contributed by atoms with Crippen molar-refractivity contribution >= 4 is 0 Å². The van der Waals surface area contributed by atoms with Gasteiger partial charge in [-0.1, -0.05) is 31.4 Å². The molecule has 3 heteroatoms. The van der Waals surface area contributed by atoms with Crippen LogP contribution in [0, 0.1) is 0 Å². The van der Waals surface area contributed by atoms with Gasteiger partial charge in [0.1, 0.15) is 5.75 Å². The third kappa shape index (κ3) is 3.24. The van der Waals surface area contributed by atoms with E-state index in [1.807, 2.05) is 24.3 Å². The van der Waals surface area contributed by atoms with Crippen LogP contribution in [0.3, 0.4) is 0 Å². The summed E-state index contributed by atoms with van der Waals surface area (Å²) in [5, 5.41) is 0. The van der Waals surface area contributed by atoms with Gasteiger partial charge in [0.25, 0.3) is 0 Å². The lowest BCUT2D eigenvalue weighted by atomic mass is 9.84. The summed E-state index contributed by atoms with van der Waals surface area (Å²) in [4.78, 5) is 0. The predicted molar refractivity (Wildman–Crippen MR) is 72.7 cm³/mol. The topological polar surface area (TPSA) is 44.5 Å². The molecule has 0 radical (unpaired) electrons. The molecular weight excluding hydrogens is 226 g/mol. The molecule has 1 aromatic rings. The van der Waals surface area contributed by atoms with Crippen LogP contribution in [0.5, 0.6) is 5.75 Å². The number of benzene rings is 1. The molecule has 0 aliphatic heterocycles. The highest BCUT2D eigenvalue weighted by atomic mass is 16.5. The lowest BCUT2D eigenvalue weighted by Crippen LogP contribution is -2.42. The Labute approximate surface area is 109 Å². The molecule has 0 aromatic heterocycles. The van der Waals surface area contributed by atoms with Gasteiger partial charge in [0.15, 0.2) is 0 Å². The van der Waals surface area contributed by atoms with Crippen molar-refractivity contribution in [1.29, 1.82) is 0 Å². The minimum Gasteiger partial charge on any atom is -0.497 e. The largest absolute Gasteiger partial charge is 0.497 e. The van der Waals surface area contributed by atoms with Crippen molar-refractivity contribution in [1.82, 2.24) is 0 Å². The van der Waals surface area contributed by atoms with E-state index in [0.29, 0.717) is 13.2 Å². The number of hydrogen-bond donors (Lipinski definition) is 1. The first-order valence-corrected chi connectivity index (χ1v) is 6.75. The van der Waals surface area contributed by atoms with Crippen LogP contribution in [0.4, 0.5) is 0 Å². The minimum absolute atomic E-state index is 0.0851. The molecule has 18 heavy (non-hydrogen) atoms. The third-order valence-electron chi connectivity index (χ3n) is 3.84. The van der Waals surface area contributed by atoms with E-state index in [-0.39, 0.29) is 5.60 Å². The van der Waals surface area contributed by atoms with E-state index in [1.54, 1.807) is 7.11 Å². The van der Waals surface area contributed by atoms with Crippen LogP contribution in [-0.2, 0) is 11.3 Å². The van der Waals surface area contributed by atoms with Crippen molar-refractivity contribution in [2.75, 3.05) is 13.7 Å². The van der Waals surface area contributed by atoms with E-state index >= 15 is 0 Å². The van der Waals surface area contributed by atoms with Crippen LogP contribution >= 0.6 is 0 Å². The van der Waals surface area contributed by atoms with Gasteiger partial charge in [0.2, 0.25) is 0 Å². The Morgan fingerprint density at radius 2 is 1.78 bits per heavy atom. The maximum atomic E-state index is 6.11. The predicted octanol–water partition coefficient (Wildman–Crippen LogP) is 2.87. The zero-order valence-corrected chi connectivity index (χ0v) is 11.2. The van der Waals surface area contributed by atoms with Crippen molar-refractivity contribution < 1.29 is 9.47 Å². The van der Waals surface area contributed by atoms with Gasteiger partial charge in [-0.2, -0.15) is 0 Å². The zero-order valence-electron chi connectivity index (χ0n) is 11.2. The summed E-state index contributed by atoms with van der Waals surface area (Å²) < 4.78 is 11.3. The van der Waals surface area contributed by atoms with Gasteiger partial charge >= 0.3 is 0 Å². The number of nitrogens with two attached hydrogens (primary N) is 1. The molecule has 2 N–H and O–H groups in total. The summed E-state index contributed by atoms with van der Waals surface area (Å²) in [6.07, 6.45) is 5.98. The van der Waals surface area contributed by atoms with Crippen molar-refractivity contribution in [2.45, 2.75) is 44.3 Å². The van der Waals surface area contributed by atoms with Crippen LogP contribution in [0.1, 0.15) is 37.7 Å². The molecule has 1 saturated carbocycles. The summed E-state index contributed by atoms with van der Waals surface area (Å²) in [6, 6.07) is 8.03. The third-order valence-corrected chi connectivity index (χ3v) is 3.84. The molecule has 1 aromatic carbocycles. The van der Waals surface area contributed by atoms with E-state index < -0.39 is 0 Å². The summed E-state index contributed by atoms with van der Waals surface area (Å²) in [5.74, 6) is 0.880. The second-order valence-corrected chi connectivity index (χ2v) is 5.08. The zero-order chi connectivity index (χ0) is 12.8. The van der Waals surface area contributed by atoms with Crippen LogP contribution in [0.25, 0.3) is 0 Å². The summed E-state index contributed by atoms with van der Waals surface area (Å²) >= 11 is 0. The average Bonchev–Trinajstić information content (AvgIpc) is 2.47. The van der Waals surface area contributed by atoms with Gasteiger partial charge < -0.3 is 15.2 Å². The average molecular weight is 249 g/mol. The molecule has 0 spiro atoms.